The second-order valence-corrected chi connectivity index (χ2v) is 3.89. The highest BCUT2D eigenvalue weighted by Gasteiger charge is 2.04. The smallest absolute Gasteiger partial charge is 0.140 e. The van der Waals surface area contributed by atoms with Crippen molar-refractivity contribution in [2.24, 2.45) is 5.11 Å². The van der Waals surface area contributed by atoms with Crippen molar-refractivity contribution in [2.45, 2.75) is 51.9 Å². The zero-order valence-corrected chi connectivity index (χ0v) is 9.81. The third-order valence-electron chi connectivity index (χ3n) is 2.22. The molecule has 16 heavy (non-hydrogen) atoms. The molecular weight excluding hydrogens is 206 g/mol. The Bertz CT molecular complexity index is 270. The molecule has 0 radical (unpaired) electrons. The van der Waals surface area contributed by atoms with Crippen molar-refractivity contribution in [2.75, 3.05) is 6.54 Å². The van der Waals surface area contributed by atoms with Gasteiger partial charge in [0.15, 0.2) is 0 Å². The molecule has 5 nitrogen and oxygen atoms in total. The predicted octanol–water partition coefficient (Wildman–Crippen LogP) is 3.19. The molecule has 0 unspecified atom stereocenters. The van der Waals surface area contributed by atoms with Gasteiger partial charge in [-0.15, -0.1) is 0 Å². The van der Waals surface area contributed by atoms with Gasteiger partial charge in [-0.2, -0.15) is 0 Å². The number of rotatable bonds is 10. The molecule has 0 aliphatic heterocycles. The molecule has 0 heterocycles. The first-order chi connectivity index (χ1) is 7.66. The lowest BCUT2D eigenvalue weighted by molar-refractivity contribution is -0.125. The summed E-state index contributed by atoms with van der Waals surface area (Å²) in [6.45, 7) is 1.99. The van der Waals surface area contributed by atoms with E-state index in [0.29, 0.717) is 13.0 Å². The van der Waals surface area contributed by atoms with Gasteiger partial charge in [-0.3, -0.25) is 9.59 Å². The first-order valence-corrected chi connectivity index (χ1v) is 5.69. The highest BCUT2D eigenvalue weighted by atomic mass is 16.1. The fourth-order valence-corrected chi connectivity index (χ4v) is 1.45. The quantitative estimate of drug-likeness (QED) is 0.188. The summed E-state index contributed by atoms with van der Waals surface area (Å²) in [6.07, 6.45) is 5.43. The Kier molecular flexibility index (Phi) is 9.32. The molecule has 0 aromatic heterocycles. The average Bonchev–Trinajstić information content (AvgIpc) is 2.21. The zero-order chi connectivity index (χ0) is 12.2. The van der Waals surface area contributed by atoms with Crippen LogP contribution in [0.15, 0.2) is 5.11 Å². The average molecular weight is 225 g/mol. The van der Waals surface area contributed by atoms with Gasteiger partial charge < -0.3 is 0 Å². The number of carbonyl (C=O) groups is 2. The summed E-state index contributed by atoms with van der Waals surface area (Å²) >= 11 is 0. The van der Waals surface area contributed by atoms with Crippen molar-refractivity contribution in [1.29, 1.82) is 0 Å². The summed E-state index contributed by atoms with van der Waals surface area (Å²) in [5.41, 5.74) is 8.03. The predicted molar refractivity (Wildman–Crippen MR) is 62.0 cm³/mol. The van der Waals surface area contributed by atoms with Gasteiger partial charge in [0.25, 0.3) is 0 Å². The number of azide groups is 1. The molecule has 0 saturated carbocycles. The Balaban J connectivity index is 3.23. The summed E-state index contributed by atoms with van der Waals surface area (Å²) in [4.78, 5) is 24.4. The Labute approximate surface area is 95.8 Å². The molecule has 0 amide bonds. The van der Waals surface area contributed by atoms with E-state index in [1.807, 2.05) is 0 Å². The maximum Gasteiger partial charge on any atom is 0.140 e. The largest absolute Gasteiger partial charge is 0.300 e. The zero-order valence-electron chi connectivity index (χ0n) is 9.81. The van der Waals surface area contributed by atoms with E-state index >= 15 is 0 Å². The van der Waals surface area contributed by atoms with Crippen LogP contribution in [0.3, 0.4) is 0 Å². The third kappa shape index (κ3) is 10.7. The summed E-state index contributed by atoms with van der Waals surface area (Å²) in [5, 5.41) is 3.44. The van der Waals surface area contributed by atoms with Crippen LogP contribution in [-0.4, -0.2) is 18.1 Å². The molecule has 5 heteroatoms. The third-order valence-corrected chi connectivity index (χ3v) is 2.22. The summed E-state index contributed by atoms with van der Waals surface area (Å²) in [6, 6.07) is 0. The van der Waals surface area contributed by atoms with E-state index in [0.717, 1.165) is 32.1 Å². The van der Waals surface area contributed by atoms with E-state index in [1.165, 1.54) is 6.92 Å². The molecular formula is C11H19N3O2. The van der Waals surface area contributed by atoms with Crippen LogP contribution in [0.1, 0.15) is 51.9 Å². The van der Waals surface area contributed by atoms with Gasteiger partial charge in [0.2, 0.25) is 0 Å². The van der Waals surface area contributed by atoms with Crippen molar-refractivity contribution in [3.05, 3.63) is 10.4 Å². The van der Waals surface area contributed by atoms with Gasteiger partial charge in [0, 0.05) is 17.9 Å². The molecule has 0 spiro atoms. The second kappa shape index (κ2) is 10.2. The summed E-state index contributed by atoms with van der Waals surface area (Å²) in [5.74, 6) is -0.0130. The normalized spacial score (nSPS) is 9.56. The molecule has 0 aliphatic carbocycles. The van der Waals surface area contributed by atoms with E-state index in [2.05, 4.69) is 10.0 Å². The van der Waals surface area contributed by atoms with E-state index in [9.17, 15) is 9.59 Å². The first kappa shape index (κ1) is 14.6. The van der Waals surface area contributed by atoms with Gasteiger partial charge in [-0.25, -0.2) is 0 Å². The minimum absolute atomic E-state index is 0.0431. The van der Waals surface area contributed by atoms with Crippen LogP contribution in [-0.2, 0) is 9.59 Å². The minimum atomic E-state index is -0.0561. The van der Waals surface area contributed by atoms with Crippen LogP contribution < -0.4 is 0 Å². The Morgan fingerprint density at radius 3 is 2.38 bits per heavy atom. The number of unbranched alkanes of at least 4 members (excludes halogenated alkanes) is 4. The fourth-order valence-electron chi connectivity index (χ4n) is 1.45. The van der Waals surface area contributed by atoms with E-state index in [-0.39, 0.29) is 18.0 Å². The molecule has 0 rings (SSSR count). The summed E-state index contributed by atoms with van der Waals surface area (Å²) in [7, 11) is 0. The standard InChI is InChI=1S/C11H19N3O2/c1-10(15)9-11(16)7-5-3-2-4-6-8-13-14-12/h2-9H2,1H3. The van der Waals surface area contributed by atoms with Gasteiger partial charge in [0.1, 0.15) is 11.6 Å². The highest BCUT2D eigenvalue weighted by molar-refractivity contribution is 5.97. The highest BCUT2D eigenvalue weighted by Crippen LogP contribution is 2.07. The lowest BCUT2D eigenvalue weighted by atomic mass is 10.1. The fraction of sp³-hybridized carbons (Fsp3) is 0.818. The molecule has 0 atom stereocenters. The number of ketones is 2. The molecule has 0 aliphatic rings. The van der Waals surface area contributed by atoms with Gasteiger partial charge in [-0.05, 0) is 25.3 Å². The molecule has 0 N–H and O–H groups in total. The van der Waals surface area contributed by atoms with Crippen LogP contribution >= 0.6 is 0 Å². The maximum atomic E-state index is 11.2. The Hall–Kier alpha value is -1.35. The number of Topliss-reactive ketones (excluding diaryl/α,β-unsaturated/α-hetero) is 2. The van der Waals surface area contributed by atoms with Crippen LogP contribution in [0.5, 0.6) is 0 Å². The van der Waals surface area contributed by atoms with Crippen molar-refractivity contribution in [1.82, 2.24) is 0 Å². The first-order valence-electron chi connectivity index (χ1n) is 5.69. The molecule has 0 fully saturated rings. The van der Waals surface area contributed by atoms with Crippen molar-refractivity contribution in [3.63, 3.8) is 0 Å². The van der Waals surface area contributed by atoms with Crippen molar-refractivity contribution >= 4 is 11.6 Å². The van der Waals surface area contributed by atoms with Crippen LogP contribution in [0.4, 0.5) is 0 Å². The van der Waals surface area contributed by atoms with Gasteiger partial charge in [-0.1, -0.05) is 24.4 Å². The Morgan fingerprint density at radius 2 is 1.75 bits per heavy atom. The topological polar surface area (TPSA) is 82.9 Å². The molecule has 0 aromatic rings. The monoisotopic (exact) mass is 225 g/mol. The van der Waals surface area contributed by atoms with E-state index < -0.39 is 0 Å². The number of hydrogen-bond donors (Lipinski definition) is 0. The SMILES string of the molecule is CC(=O)CC(=O)CCCCCCCN=[N+]=[N-]. The summed E-state index contributed by atoms with van der Waals surface area (Å²) < 4.78 is 0. The van der Waals surface area contributed by atoms with E-state index in [1.54, 1.807) is 0 Å². The molecule has 0 bridgehead atoms. The van der Waals surface area contributed by atoms with E-state index in [4.69, 9.17) is 5.53 Å². The molecule has 0 saturated heterocycles. The van der Waals surface area contributed by atoms with Crippen molar-refractivity contribution < 1.29 is 9.59 Å². The lowest BCUT2D eigenvalue weighted by Crippen LogP contribution is -2.03. The van der Waals surface area contributed by atoms with Gasteiger partial charge >= 0.3 is 0 Å². The second-order valence-electron chi connectivity index (χ2n) is 3.89. The van der Waals surface area contributed by atoms with Crippen LogP contribution in [0.25, 0.3) is 10.4 Å². The lowest BCUT2D eigenvalue weighted by Gasteiger charge is -1.99. The minimum Gasteiger partial charge on any atom is -0.300 e. The van der Waals surface area contributed by atoms with Gasteiger partial charge in [0.05, 0.1) is 6.42 Å². The number of carbonyl (C=O) groups excluding carboxylic acids is 2. The molecule has 90 valence electrons. The van der Waals surface area contributed by atoms with Crippen LogP contribution in [0.2, 0.25) is 0 Å². The maximum absolute atomic E-state index is 11.2. The number of nitrogens with zero attached hydrogens (tertiary/aromatic N) is 3. The van der Waals surface area contributed by atoms with Crippen LogP contribution in [0, 0.1) is 0 Å². The molecule has 0 aromatic carbocycles. The number of hydrogen-bond acceptors (Lipinski definition) is 3. The van der Waals surface area contributed by atoms with Crippen molar-refractivity contribution in [3.8, 4) is 0 Å². The Morgan fingerprint density at radius 1 is 1.12 bits per heavy atom.